The monoisotopic (exact) mass is 261 g/mol. The van der Waals surface area contributed by atoms with Gasteiger partial charge in [-0.05, 0) is 13.0 Å². The molecule has 0 aliphatic carbocycles. The molecule has 1 aromatic carbocycles. The molecule has 0 radical (unpaired) electrons. The predicted molar refractivity (Wildman–Crippen MR) is 44.0 cm³/mol. The molecule has 0 aromatic heterocycles. The molecule has 8 heteroatoms. The highest BCUT2D eigenvalue weighted by atomic mass is 19.4. The van der Waals surface area contributed by atoms with Crippen molar-refractivity contribution < 1.29 is 30.7 Å². The van der Waals surface area contributed by atoms with Crippen LogP contribution in [-0.2, 0) is 12.6 Å². The fourth-order valence-corrected chi connectivity index (χ4v) is 1.29. The lowest BCUT2D eigenvalue weighted by Crippen LogP contribution is -2.18. The van der Waals surface area contributed by atoms with Crippen LogP contribution in [0.3, 0.4) is 0 Å². The first kappa shape index (κ1) is 13.8. The van der Waals surface area contributed by atoms with Gasteiger partial charge in [0.1, 0.15) is 5.56 Å². The van der Waals surface area contributed by atoms with Gasteiger partial charge in [-0.2, -0.15) is 13.2 Å². The maximum absolute atomic E-state index is 13.1. The van der Waals surface area contributed by atoms with E-state index < -0.39 is 47.0 Å². The van der Waals surface area contributed by atoms with Crippen LogP contribution in [0.2, 0.25) is 0 Å². The summed E-state index contributed by atoms with van der Waals surface area (Å²) in [6.07, 6.45) is -6.12. The first-order chi connectivity index (χ1) is 7.71. The van der Waals surface area contributed by atoms with E-state index in [2.05, 4.69) is 0 Å². The zero-order valence-electron chi connectivity index (χ0n) is 8.14. The van der Waals surface area contributed by atoms with Gasteiger partial charge in [0.15, 0.2) is 23.3 Å². The van der Waals surface area contributed by atoms with Gasteiger partial charge in [-0.25, -0.2) is 17.6 Å². The van der Waals surface area contributed by atoms with Crippen molar-refractivity contribution in [2.45, 2.75) is 12.6 Å². The average molecular weight is 261 g/mol. The molecule has 0 heterocycles. The van der Waals surface area contributed by atoms with Crippen molar-refractivity contribution in [2.24, 2.45) is 5.73 Å². The van der Waals surface area contributed by atoms with Crippen molar-refractivity contribution in [3.8, 4) is 0 Å². The number of alkyl halides is 3. The molecule has 0 aliphatic heterocycles. The Labute approximate surface area is 91.0 Å². The van der Waals surface area contributed by atoms with Gasteiger partial charge in [-0.3, -0.25) is 0 Å². The van der Waals surface area contributed by atoms with E-state index in [1.165, 1.54) is 0 Å². The van der Waals surface area contributed by atoms with Crippen LogP contribution >= 0.6 is 0 Å². The van der Waals surface area contributed by atoms with E-state index >= 15 is 0 Å². The Kier molecular flexibility index (Phi) is 3.65. The Bertz CT molecular complexity index is 409. The Hall–Kier alpha value is -1.31. The van der Waals surface area contributed by atoms with Gasteiger partial charge >= 0.3 is 6.18 Å². The molecule has 1 aromatic rings. The molecule has 0 fully saturated rings. The molecule has 1 nitrogen and oxygen atoms in total. The SMILES string of the molecule is NCCc1c(F)c(F)c(C(F)(F)F)c(F)c1F. The summed E-state index contributed by atoms with van der Waals surface area (Å²) < 4.78 is 88.6. The number of halogens is 7. The minimum atomic E-state index is -5.52. The smallest absolute Gasteiger partial charge is 0.330 e. The molecule has 0 saturated carbocycles. The summed E-state index contributed by atoms with van der Waals surface area (Å²) in [5, 5.41) is 0. The number of nitrogens with two attached hydrogens (primary N) is 1. The number of hydrogen-bond acceptors (Lipinski definition) is 1. The van der Waals surface area contributed by atoms with Crippen LogP contribution in [0.4, 0.5) is 30.7 Å². The van der Waals surface area contributed by atoms with Crippen LogP contribution < -0.4 is 5.73 Å². The third-order valence-electron chi connectivity index (χ3n) is 2.03. The van der Waals surface area contributed by atoms with Gasteiger partial charge in [0, 0.05) is 5.56 Å². The van der Waals surface area contributed by atoms with Crippen LogP contribution in [0.1, 0.15) is 11.1 Å². The number of rotatable bonds is 2. The summed E-state index contributed by atoms with van der Waals surface area (Å²) in [5.41, 5.74) is 1.22. The van der Waals surface area contributed by atoms with Crippen molar-refractivity contribution in [3.63, 3.8) is 0 Å². The zero-order valence-corrected chi connectivity index (χ0v) is 8.14. The molecule has 0 saturated heterocycles. The quantitative estimate of drug-likeness (QED) is 0.643. The van der Waals surface area contributed by atoms with Crippen molar-refractivity contribution in [3.05, 3.63) is 34.4 Å². The Balaban J connectivity index is 3.59. The fourth-order valence-electron chi connectivity index (χ4n) is 1.29. The first-order valence-corrected chi connectivity index (χ1v) is 4.33. The molecule has 1 rings (SSSR count). The molecule has 0 bridgehead atoms. The molecule has 2 N–H and O–H groups in total. The Morgan fingerprint density at radius 3 is 1.53 bits per heavy atom. The Morgan fingerprint density at radius 1 is 0.824 bits per heavy atom. The van der Waals surface area contributed by atoms with E-state index in [0.717, 1.165) is 0 Å². The molecule has 0 aliphatic rings. The summed E-state index contributed by atoms with van der Waals surface area (Å²) in [7, 11) is 0. The topological polar surface area (TPSA) is 26.0 Å². The van der Waals surface area contributed by atoms with Crippen LogP contribution in [-0.4, -0.2) is 6.54 Å². The largest absolute Gasteiger partial charge is 0.422 e. The minimum absolute atomic E-state index is 0.363. The first-order valence-electron chi connectivity index (χ1n) is 4.33. The second-order valence-corrected chi connectivity index (χ2v) is 3.15. The van der Waals surface area contributed by atoms with Gasteiger partial charge in [-0.15, -0.1) is 0 Å². The van der Waals surface area contributed by atoms with E-state index in [0.29, 0.717) is 0 Å². The lowest BCUT2D eigenvalue weighted by Gasteiger charge is -2.13. The van der Waals surface area contributed by atoms with Crippen molar-refractivity contribution in [2.75, 3.05) is 6.54 Å². The van der Waals surface area contributed by atoms with Crippen LogP contribution in [0.5, 0.6) is 0 Å². The van der Waals surface area contributed by atoms with Gasteiger partial charge in [-0.1, -0.05) is 0 Å². The van der Waals surface area contributed by atoms with Gasteiger partial charge in [0.05, 0.1) is 0 Å². The second kappa shape index (κ2) is 4.52. The van der Waals surface area contributed by atoms with E-state index in [4.69, 9.17) is 5.73 Å². The van der Waals surface area contributed by atoms with E-state index in [-0.39, 0.29) is 6.54 Å². The Morgan fingerprint density at radius 2 is 1.24 bits per heavy atom. The van der Waals surface area contributed by atoms with Crippen molar-refractivity contribution in [1.29, 1.82) is 0 Å². The summed E-state index contributed by atoms with van der Waals surface area (Å²) in [4.78, 5) is 0. The van der Waals surface area contributed by atoms with E-state index in [9.17, 15) is 30.7 Å². The summed E-state index contributed by atoms with van der Waals surface area (Å²) >= 11 is 0. The van der Waals surface area contributed by atoms with E-state index in [1.807, 2.05) is 0 Å². The third-order valence-corrected chi connectivity index (χ3v) is 2.03. The maximum atomic E-state index is 13.1. The zero-order chi connectivity index (χ0) is 13.4. The molecule has 0 spiro atoms. The molecule has 17 heavy (non-hydrogen) atoms. The van der Waals surface area contributed by atoms with Crippen LogP contribution in [0.15, 0.2) is 0 Å². The highest BCUT2D eigenvalue weighted by molar-refractivity contribution is 5.32. The lowest BCUT2D eigenvalue weighted by atomic mass is 10.0. The lowest BCUT2D eigenvalue weighted by molar-refractivity contribution is -0.143. The van der Waals surface area contributed by atoms with Crippen LogP contribution in [0, 0.1) is 23.3 Å². The molecule has 96 valence electrons. The number of benzene rings is 1. The predicted octanol–water partition coefficient (Wildman–Crippen LogP) is 2.76. The van der Waals surface area contributed by atoms with Gasteiger partial charge in [0.25, 0.3) is 0 Å². The van der Waals surface area contributed by atoms with Crippen molar-refractivity contribution >= 4 is 0 Å². The molecule has 0 unspecified atom stereocenters. The molecule has 0 amide bonds. The highest BCUT2D eigenvalue weighted by Gasteiger charge is 2.42. The molecule has 0 atom stereocenters. The summed E-state index contributed by atoms with van der Waals surface area (Å²) in [6.45, 7) is -0.363. The third kappa shape index (κ3) is 2.36. The average Bonchev–Trinajstić information content (AvgIpc) is 2.20. The second-order valence-electron chi connectivity index (χ2n) is 3.15. The maximum Gasteiger partial charge on any atom is 0.422 e. The molecular formula is C9H6F7N. The normalized spacial score (nSPS) is 12.0. The number of hydrogen-bond donors (Lipinski definition) is 1. The van der Waals surface area contributed by atoms with E-state index in [1.54, 1.807) is 0 Å². The van der Waals surface area contributed by atoms with Crippen molar-refractivity contribution in [1.82, 2.24) is 0 Å². The highest BCUT2D eigenvalue weighted by Crippen LogP contribution is 2.36. The molecular weight excluding hydrogens is 255 g/mol. The van der Waals surface area contributed by atoms with Gasteiger partial charge in [0.2, 0.25) is 0 Å². The standard InChI is InChI=1S/C9H6F7N/c10-5-3(1-2-17)6(11)8(13)4(7(5)12)9(14,15)16/h1-2,17H2. The fraction of sp³-hybridized carbons (Fsp3) is 0.333. The summed E-state index contributed by atoms with van der Waals surface area (Å²) in [6, 6.07) is 0. The van der Waals surface area contributed by atoms with Crippen LogP contribution in [0.25, 0.3) is 0 Å². The van der Waals surface area contributed by atoms with Gasteiger partial charge < -0.3 is 5.73 Å². The summed E-state index contributed by atoms with van der Waals surface area (Å²) in [5.74, 6) is -9.05. The minimum Gasteiger partial charge on any atom is -0.330 e.